The summed E-state index contributed by atoms with van der Waals surface area (Å²) in [5, 5.41) is 8.83. The average molecular weight is 416 g/mol. The van der Waals surface area contributed by atoms with Crippen LogP contribution in [0.5, 0.6) is 0 Å². The molecule has 0 radical (unpaired) electrons. The van der Waals surface area contributed by atoms with Crippen molar-refractivity contribution in [1.82, 2.24) is 20.0 Å². The molecule has 0 aliphatic carbocycles. The first-order chi connectivity index (χ1) is 14.1. The van der Waals surface area contributed by atoms with Gasteiger partial charge in [0, 0.05) is 69.5 Å². The number of nitrogens with zero attached hydrogens (tertiary/aromatic N) is 4. The van der Waals surface area contributed by atoms with Crippen molar-refractivity contribution in [1.29, 1.82) is 0 Å². The summed E-state index contributed by atoms with van der Waals surface area (Å²) in [4.78, 5) is 6.94. The number of aromatic nitrogens is 2. The van der Waals surface area contributed by atoms with Crippen LogP contribution in [0.4, 0.5) is 0 Å². The van der Waals surface area contributed by atoms with Gasteiger partial charge in [-0.2, -0.15) is 5.10 Å². The molecular formula is C22H30ClN5O. The van der Waals surface area contributed by atoms with Crippen molar-refractivity contribution < 1.29 is 4.74 Å². The molecule has 3 heterocycles. The summed E-state index contributed by atoms with van der Waals surface area (Å²) < 4.78 is 7.54. The molecule has 1 N–H and O–H groups in total. The van der Waals surface area contributed by atoms with Gasteiger partial charge in [0.05, 0.1) is 6.20 Å². The maximum Gasteiger partial charge on any atom is 0.193 e. The number of guanidine groups is 1. The number of aryl methyl sites for hydroxylation is 1. The van der Waals surface area contributed by atoms with E-state index >= 15 is 0 Å². The van der Waals surface area contributed by atoms with Gasteiger partial charge in [-0.15, -0.1) is 0 Å². The maximum absolute atomic E-state index is 6.60. The molecule has 1 atom stereocenters. The third-order valence-electron chi connectivity index (χ3n) is 6.38. The van der Waals surface area contributed by atoms with Gasteiger partial charge >= 0.3 is 0 Å². The lowest BCUT2D eigenvalue weighted by molar-refractivity contribution is 0.0512. The lowest BCUT2D eigenvalue weighted by Gasteiger charge is -2.39. The summed E-state index contributed by atoms with van der Waals surface area (Å²) in [6, 6.07) is 8.22. The van der Waals surface area contributed by atoms with Gasteiger partial charge in [0.2, 0.25) is 0 Å². The summed E-state index contributed by atoms with van der Waals surface area (Å²) >= 11 is 6.60. The molecule has 2 fully saturated rings. The van der Waals surface area contributed by atoms with Crippen molar-refractivity contribution >= 4 is 17.6 Å². The molecule has 2 saturated heterocycles. The number of rotatable bonds is 4. The molecule has 4 rings (SSSR count). The van der Waals surface area contributed by atoms with E-state index in [2.05, 4.69) is 38.6 Å². The standard InChI is InChI=1S/C22H30ClN5O/c1-24-21(28-10-7-17(15-28)18-13-26-27(2)14-18)25-16-22(8-11-29-12-9-22)19-5-3-4-6-20(19)23/h3-6,13-14,17H,7-12,15-16H2,1-2H3,(H,24,25). The Labute approximate surface area is 177 Å². The van der Waals surface area contributed by atoms with Crippen LogP contribution in [-0.4, -0.2) is 60.5 Å². The fourth-order valence-corrected chi connectivity index (χ4v) is 4.99. The molecule has 0 bridgehead atoms. The van der Waals surface area contributed by atoms with Gasteiger partial charge in [0.15, 0.2) is 5.96 Å². The summed E-state index contributed by atoms with van der Waals surface area (Å²) in [5.41, 5.74) is 2.49. The van der Waals surface area contributed by atoms with Crippen LogP contribution >= 0.6 is 11.6 Å². The Hall–Kier alpha value is -2.05. The molecule has 0 amide bonds. The first-order valence-electron chi connectivity index (χ1n) is 10.4. The summed E-state index contributed by atoms with van der Waals surface area (Å²) in [6.07, 6.45) is 7.14. The highest BCUT2D eigenvalue weighted by Crippen LogP contribution is 2.38. The van der Waals surface area contributed by atoms with E-state index in [1.165, 1.54) is 11.1 Å². The van der Waals surface area contributed by atoms with Crippen LogP contribution in [0, 0.1) is 0 Å². The predicted octanol–water partition coefficient (Wildman–Crippen LogP) is 3.19. The molecule has 6 nitrogen and oxygen atoms in total. The van der Waals surface area contributed by atoms with E-state index in [4.69, 9.17) is 16.3 Å². The van der Waals surface area contributed by atoms with Gasteiger partial charge in [0.25, 0.3) is 0 Å². The second-order valence-electron chi connectivity index (χ2n) is 8.15. The maximum atomic E-state index is 6.60. The molecule has 1 unspecified atom stereocenters. The normalized spacial score (nSPS) is 22.1. The van der Waals surface area contributed by atoms with E-state index in [-0.39, 0.29) is 5.41 Å². The first-order valence-corrected chi connectivity index (χ1v) is 10.8. The van der Waals surface area contributed by atoms with Crippen molar-refractivity contribution in [2.75, 3.05) is 39.9 Å². The predicted molar refractivity (Wildman–Crippen MR) is 117 cm³/mol. The largest absolute Gasteiger partial charge is 0.381 e. The minimum Gasteiger partial charge on any atom is -0.381 e. The highest BCUT2D eigenvalue weighted by molar-refractivity contribution is 6.31. The van der Waals surface area contributed by atoms with Gasteiger partial charge in [-0.3, -0.25) is 9.67 Å². The van der Waals surface area contributed by atoms with Crippen molar-refractivity contribution in [2.24, 2.45) is 12.0 Å². The van der Waals surface area contributed by atoms with E-state index in [9.17, 15) is 0 Å². The third kappa shape index (κ3) is 4.28. The number of nitrogens with one attached hydrogen (secondary N) is 1. The topological polar surface area (TPSA) is 54.7 Å². The van der Waals surface area contributed by atoms with Gasteiger partial charge in [-0.25, -0.2) is 0 Å². The average Bonchev–Trinajstić information content (AvgIpc) is 3.39. The Morgan fingerprint density at radius 1 is 1.34 bits per heavy atom. The summed E-state index contributed by atoms with van der Waals surface area (Å²) in [6.45, 7) is 4.30. The number of ether oxygens (including phenoxy) is 1. The molecule has 0 saturated carbocycles. The van der Waals surface area contributed by atoms with Crippen molar-refractivity contribution in [3.63, 3.8) is 0 Å². The van der Waals surface area contributed by atoms with Crippen LogP contribution in [0.3, 0.4) is 0 Å². The number of likely N-dealkylation sites (tertiary alicyclic amines) is 1. The second-order valence-corrected chi connectivity index (χ2v) is 8.56. The molecule has 0 spiro atoms. The zero-order chi connectivity index (χ0) is 20.3. The van der Waals surface area contributed by atoms with Crippen molar-refractivity contribution in [2.45, 2.75) is 30.6 Å². The number of benzene rings is 1. The lowest BCUT2D eigenvalue weighted by Crippen LogP contribution is -2.49. The fraction of sp³-hybridized carbons (Fsp3) is 0.545. The number of hydrogen-bond donors (Lipinski definition) is 1. The second kappa shape index (κ2) is 8.76. The Morgan fingerprint density at radius 3 is 2.83 bits per heavy atom. The van der Waals surface area contributed by atoms with Crippen LogP contribution < -0.4 is 5.32 Å². The zero-order valence-corrected chi connectivity index (χ0v) is 18.0. The number of halogens is 1. The quantitative estimate of drug-likeness (QED) is 0.615. The molecule has 2 aromatic rings. The van der Waals surface area contributed by atoms with E-state index in [0.29, 0.717) is 5.92 Å². The van der Waals surface area contributed by atoms with Crippen LogP contribution in [0.25, 0.3) is 0 Å². The first kappa shape index (κ1) is 20.2. The molecule has 2 aliphatic heterocycles. The van der Waals surface area contributed by atoms with Crippen LogP contribution in [-0.2, 0) is 17.2 Å². The van der Waals surface area contributed by atoms with Crippen LogP contribution in [0.2, 0.25) is 5.02 Å². The smallest absolute Gasteiger partial charge is 0.193 e. The van der Waals surface area contributed by atoms with E-state index < -0.39 is 0 Å². The van der Waals surface area contributed by atoms with Gasteiger partial charge in [-0.05, 0) is 36.5 Å². The number of hydrogen-bond acceptors (Lipinski definition) is 3. The Bertz CT molecular complexity index is 858. The zero-order valence-electron chi connectivity index (χ0n) is 17.3. The molecule has 29 heavy (non-hydrogen) atoms. The van der Waals surface area contributed by atoms with Crippen molar-refractivity contribution in [3.05, 3.63) is 52.8 Å². The Kier molecular flexibility index (Phi) is 6.11. The molecule has 1 aromatic carbocycles. The lowest BCUT2D eigenvalue weighted by atomic mass is 9.74. The Balaban J connectivity index is 1.46. The highest BCUT2D eigenvalue weighted by Gasteiger charge is 2.37. The molecular weight excluding hydrogens is 386 g/mol. The number of aliphatic imine (C=N–C) groups is 1. The molecule has 156 valence electrons. The SMILES string of the molecule is CN=C(NCC1(c2ccccc2Cl)CCOCC1)N1CCC(c2cnn(C)c2)C1. The minimum atomic E-state index is -0.0327. The monoisotopic (exact) mass is 415 g/mol. The summed E-state index contributed by atoms with van der Waals surface area (Å²) in [5.74, 6) is 1.47. The minimum absolute atomic E-state index is 0.0327. The van der Waals surface area contributed by atoms with E-state index in [1.54, 1.807) is 0 Å². The summed E-state index contributed by atoms with van der Waals surface area (Å²) in [7, 11) is 3.84. The van der Waals surface area contributed by atoms with Gasteiger partial charge < -0.3 is 15.0 Å². The Morgan fingerprint density at radius 2 is 2.14 bits per heavy atom. The van der Waals surface area contributed by atoms with Crippen molar-refractivity contribution in [3.8, 4) is 0 Å². The van der Waals surface area contributed by atoms with Crippen LogP contribution in [0.1, 0.15) is 36.3 Å². The van der Waals surface area contributed by atoms with Gasteiger partial charge in [0.1, 0.15) is 0 Å². The van der Waals surface area contributed by atoms with E-state index in [0.717, 1.165) is 63.1 Å². The molecule has 2 aliphatic rings. The van der Waals surface area contributed by atoms with Gasteiger partial charge in [-0.1, -0.05) is 29.8 Å². The van der Waals surface area contributed by atoms with Crippen LogP contribution in [0.15, 0.2) is 41.7 Å². The fourth-order valence-electron chi connectivity index (χ4n) is 4.65. The van der Waals surface area contributed by atoms with E-state index in [1.807, 2.05) is 37.1 Å². The molecule has 7 heteroatoms. The molecule has 1 aromatic heterocycles. The third-order valence-corrected chi connectivity index (χ3v) is 6.71. The highest BCUT2D eigenvalue weighted by atomic mass is 35.5.